The molecule has 3 amide bonds. The molecule has 1 aromatic rings. The molecule has 0 saturated carbocycles. The smallest absolute Gasteiger partial charge is 0.407 e. The molecule has 0 aliphatic carbocycles. The molecule has 0 fully saturated rings. The van der Waals surface area contributed by atoms with Crippen molar-refractivity contribution in [2.24, 2.45) is 5.92 Å². The summed E-state index contributed by atoms with van der Waals surface area (Å²) in [5.74, 6) is -1.03. The minimum absolute atomic E-state index is 0.0782. The number of benzene rings is 1. The average Bonchev–Trinajstić information content (AvgIpc) is 2.66. The average molecular weight is 393 g/mol. The van der Waals surface area contributed by atoms with Crippen LogP contribution in [0.4, 0.5) is 10.5 Å². The van der Waals surface area contributed by atoms with Crippen molar-refractivity contribution < 1.29 is 24.2 Å². The zero-order valence-electron chi connectivity index (χ0n) is 17.0. The lowest BCUT2D eigenvalue weighted by Gasteiger charge is -2.23. The maximum atomic E-state index is 12.5. The normalized spacial score (nSPS) is 12.8. The van der Waals surface area contributed by atoms with Crippen LogP contribution in [0.1, 0.15) is 46.1 Å². The molecular formula is C20H31N3O5. The summed E-state index contributed by atoms with van der Waals surface area (Å²) in [6, 6.07) is 5.12. The van der Waals surface area contributed by atoms with Crippen LogP contribution in [0, 0.1) is 5.92 Å². The molecule has 8 nitrogen and oxygen atoms in total. The lowest BCUT2D eigenvalue weighted by molar-refractivity contribution is -0.128. The van der Waals surface area contributed by atoms with E-state index in [0.717, 1.165) is 18.4 Å². The molecular weight excluding hydrogens is 362 g/mol. The maximum absolute atomic E-state index is 12.5. The van der Waals surface area contributed by atoms with E-state index in [2.05, 4.69) is 16.0 Å². The number of aliphatic hydroxyl groups excluding tert-OH is 1. The molecule has 0 aliphatic heterocycles. The van der Waals surface area contributed by atoms with Crippen molar-refractivity contribution in [2.45, 2.75) is 59.2 Å². The van der Waals surface area contributed by atoms with Gasteiger partial charge in [0, 0.05) is 5.69 Å². The zero-order chi connectivity index (χ0) is 21.1. The second-order valence-electron chi connectivity index (χ2n) is 6.93. The van der Waals surface area contributed by atoms with E-state index in [9.17, 15) is 14.4 Å². The first-order chi connectivity index (χ1) is 13.3. The lowest BCUT2D eigenvalue weighted by atomic mass is 10.0. The summed E-state index contributed by atoms with van der Waals surface area (Å²) in [5.41, 5.74) is 1.29. The summed E-state index contributed by atoms with van der Waals surface area (Å²) in [6.07, 6.45) is 1.00. The van der Waals surface area contributed by atoms with Crippen molar-refractivity contribution in [3.05, 3.63) is 29.8 Å². The van der Waals surface area contributed by atoms with Crippen LogP contribution in [0.25, 0.3) is 0 Å². The molecule has 0 radical (unpaired) electrons. The van der Waals surface area contributed by atoms with Crippen LogP contribution in [0.3, 0.4) is 0 Å². The van der Waals surface area contributed by atoms with Gasteiger partial charge in [0.2, 0.25) is 11.8 Å². The molecule has 0 heterocycles. The summed E-state index contributed by atoms with van der Waals surface area (Å²) in [7, 11) is 0. The molecule has 0 bridgehead atoms. The van der Waals surface area contributed by atoms with Gasteiger partial charge in [-0.1, -0.05) is 39.3 Å². The Morgan fingerprint density at radius 1 is 1.04 bits per heavy atom. The van der Waals surface area contributed by atoms with Gasteiger partial charge in [-0.05, 0) is 37.0 Å². The van der Waals surface area contributed by atoms with Crippen LogP contribution in [-0.2, 0) is 20.9 Å². The third kappa shape index (κ3) is 7.96. The fraction of sp³-hybridized carbons (Fsp3) is 0.550. The summed E-state index contributed by atoms with van der Waals surface area (Å²) in [6.45, 7) is 7.35. The Balaban J connectivity index is 2.59. The van der Waals surface area contributed by atoms with Gasteiger partial charge >= 0.3 is 6.09 Å². The number of unbranched alkanes of at least 4 members (excludes halogenated alkanes) is 1. The third-order valence-corrected chi connectivity index (χ3v) is 4.11. The topological polar surface area (TPSA) is 117 Å². The number of hydrogen-bond acceptors (Lipinski definition) is 5. The number of anilines is 1. The lowest BCUT2D eigenvalue weighted by Crippen LogP contribution is -2.53. The van der Waals surface area contributed by atoms with Crippen molar-refractivity contribution in [3.63, 3.8) is 0 Å². The number of hydrogen-bond donors (Lipinski definition) is 4. The molecule has 0 unspecified atom stereocenters. The number of ether oxygens (including phenoxy) is 1. The predicted octanol–water partition coefficient (Wildman–Crippen LogP) is 2.17. The minimum Gasteiger partial charge on any atom is -0.450 e. The molecule has 1 rings (SSSR count). The van der Waals surface area contributed by atoms with Crippen LogP contribution in [0.5, 0.6) is 0 Å². The van der Waals surface area contributed by atoms with Gasteiger partial charge in [-0.25, -0.2) is 4.79 Å². The van der Waals surface area contributed by atoms with E-state index in [0.29, 0.717) is 12.3 Å². The van der Waals surface area contributed by atoms with Gasteiger partial charge in [0.05, 0.1) is 13.2 Å². The summed E-state index contributed by atoms with van der Waals surface area (Å²) in [4.78, 5) is 36.7. The Kier molecular flexibility index (Phi) is 10.0. The second kappa shape index (κ2) is 12.0. The highest BCUT2D eigenvalue weighted by molar-refractivity contribution is 5.98. The molecule has 1 aromatic carbocycles. The van der Waals surface area contributed by atoms with E-state index in [1.165, 1.54) is 0 Å². The van der Waals surface area contributed by atoms with Crippen LogP contribution in [0.2, 0.25) is 0 Å². The third-order valence-electron chi connectivity index (χ3n) is 4.11. The van der Waals surface area contributed by atoms with Crippen LogP contribution >= 0.6 is 0 Å². The van der Waals surface area contributed by atoms with Crippen LogP contribution in [0.15, 0.2) is 24.3 Å². The van der Waals surface area contributed by atoms with E-state index >= 15 is 0 Å². The van der Waals surface area contributed by atoms with Crippen molar-refractivity contribution in [1.29, 1.82) is 0 Å². The fourth-order valence-corrected chi connectivity index (χ4v) is 2.33. The van der Waals surface area contributed by atoms with Gasteiger partial charge in [0.1, 0.15) is 12.1 Å². The molecule has 0 saturated heterocycles. The maximum Gasteiger partial charge on any atom is 0.407 e. The number of nitrogens with one attached hydrogen (secondary N) is 3. The van der Waals surface area contributed by atoms with Gasteiger partial charge in [0.15, 0.2) is 0 Å². The van der Waals surface area contributed by atoms with E-state index in [4.69, 9.17) is 9.84 Å². The highest BCUT2D eigenvalue weighted by atomic mass is 16.5. The molecule has 156 valence electrons. The molecule has 0 aliphatic rings. The number of alkyl carbamates (subject to hydrolysis) is 1. The zero-order valence-corrected chi connectivity index (χ0v) is 17.0. The first kappa shape index (κ1) is 23.4. The first-order valence-electron chi connectivity index (χ1n) is 9.52. The minimum atomic E-state index is -0.812. The number of rotatable bonds is 10. The van der Waals surface area contributed by atoms with E-state index in [1.807, 2.05) is 6.92 Å². The van der Waals surface area contributed by atoms with E-state index in [-0.39, 0.29) is 12.5 Å². The van der Waals surface area contributed by atoms with Crippen molar-refractivity contribution in [1.82, 2.24) is 10.6 Å². The number of carbonyl (C=O) groups excluding carboxylic acids is 3. The molecule has 0 spiro atoms. The fourth-order valence-electron chi connectivity index (χ4n) is 2.33. The number of carbonyl (C=O) groups is 3. The van der Waals surface area contributed by atoms with Crippen LogP contribution < -0.4 is 16.0 Å². The summed E-state index contributed by atoms with van der Waals surface area (Å²) < 4.78 is 5.04. The Bertz CT molecular complexity index is 646. The predicted molar refractivity (Wildman–Crippen MR) is 107 cm³/mol. The van der Waals surface area contributed by atoms with Gasteiger partial charge in [-0.15, -0.1) is 0 Å². The highest BCUT2D eigenvalue weighted by Gasteiger charge is 2.27. The van der Waals surface area contributed by atoms with E-state index < -0.39 is 30.0 Å². The first-order valence-corrected chi connectivity index (χ1v) is 9.52. The number of aliphatic hydroxyl groups is 1. The Labute approximate surface area is 166 Å². The van der Waals surface area contributed by atoms with Crippen molar-refractivity contribution in [3.8, 4) is 0 Å². The highest BCUT2D eigenvalue weighted by Crippen LogP contribution is 2.10. The molecule has 2 atom stereocenters. The van der Waals surface area contributed by atoms with E-state index in [1.54, 1.807) is 45.0 Å². The van der Waals surface area contributed by atoms with Gasteiger partial charge in [-0.3, -0.25) is 9.59 Å². The van der Waals surface area contributed by atoms with Crippen molar-refractivity contribution >= 4 is 23.6 Å². The van der Waals surface area contributed by atoms with Gasteiger partial charge in [-0.2, -0.15) is 0 Å². The largest absolute Gasteiger partial charge is 0.450 e. The molecule has 0 aromatic heterocycles. The van der Waals surface area contributed by atoms with Crippen molar-refractivity contribution in [2.75, 3.05) is 11.9 Å². The van der Waals surface area contributed by atoms with Gasteiger partial charge in [0.25, 0.3) is 0 Å². The standard InChI is InChI=1S/C20H31N3O5/c1-5-6-11-28-20(27)23-17(13(2)3)19(26)21-14(4)18(25)22-16-9-7-15(12-24)8-10-16/h7-10,13-14,17,24H,5-6,11-12H2,1-4H3,(H,21,26)(H,22,25)(H,23,27)/t14-,17-/m0/s1. The Morgan fingerprint density at radius 3 is 2.21 bits per heavy atom. The summed E-state index contributed by atoms with van der Waals surface area (Å²) in [5, 5.41) is 16.9. The Hall–Kier alpha value is -2.61. The van der Waals surface area contributed by atoms with Crippen LogP contribution in [-0.4, -0.2) is 41.7 Å². The number of amides is 3. The summed E-state index contributed by atoms with van der Waals surface area (Å²) >= 11 is 0. The monoisotopic (exact) mass is 393 g/mol. The Morgan fingerprint density at radius 2 is 1.68 bits per heavy atom. The van der Waals surface area contributed by atoms with Gasteiger partial charge < -0.3 is 25.8 Å². The quantitative estimate of drug-likeness (QED) is 0.455. The molecule has 4 N–H and O–H groups in total. The SMILES string of the molecule is CCCCOC(=O)N[C@H](C(=O)N[C@@H](C)C(=O)Nc1ccc(CO)cc1)C(C)C. The molecule has 8 heteroatoms. The molecule has 28 heavy (non-hydrogen) atoms. The second-order valence-corrected chi connectivity index (χ2v) is 6.93.